The van der Waals surface area contributed by atoms with E-state index in [0.717, 1.165) is 23.2 Å². The van der Waals surface area contributed by atoms with Gasteiger partial charge in [0.25, 0.3) is 0 Å². The lowest BCUT2D eigenvalue weighted by atomic mass is 9.91. The van der Waals surface area contributed by atoms with Gasteiger partial charge in [0.05, 0.1) is 4.34 Å². The van der Waals surface area contributed by atoms with Gasteiger partial charge in [-0.25, -0.2) is 0 Å². The minimum atomic E-state index is 0.628. The van der Waals surface area contributed by atoms with E-state index in [1.54, 1.807) is 11.3 Å². The predicted molar refractivity (Wildman–Crippen MR) is 86.3 cm³/mol. The van der Waals surface area contributed by atoms with Crippen LogP contribution in [0, 0.1) is 5.92 Å². The average molecular weight is 300 g/mol. The van der Waals surface area contributed by atoms with Gasteiger partial charge >= 0.3 is 0 Å². The Morgan fingerprint density at radius 1 is 1.26 bits per heavy atom. The molecule has 1 aliphatic rings. The van der Waals surface area contributed by atoms with Crippen molar-refractivity contribution >= 4 is 22.9 Å². The number of halogens is 1. The zero-order chi connectivity index (χ0) is 13.5. The fourth-order valence-corrected chi connectivity index (χ4v) is 4.40. The average Bonchev–Trinajstić information content (AvgIpc) is 2.64. The van der Waals surface area contributed by atoms with Gasteiger partial charge in [-0.2, -0.15) is 0 Å². The summed E-state index contributed by atoms with van der Waals surface area (Å²) in [5, 5.41) is 3.67. The summed E-state index contributed by atoms with van der Waals surface area (Å²) in [6, 6.07) is 4.84. The molecule has 1 aromatic heterocycles. The van der Waals surface area contributed by atoms with Crippen molar-refractivity contribution < 1.29 is 0 Å². The fourth-order valence-electron chi connectivity index (χ4n) is 3.23. The molecule has 0 saturated heterocycles. The van der Waals surface area contributed by atoms with E-state index in [9.17, 15) is 0 Å². The smallest absolute Gasteiger partial charge is 0.0931 e. The lowest BCUT2D eigenvalue weighted by Crippen LogP contribution is -2.32. The Bertz CT molecular complexity index is 355. The predicted octanol–water partition coefficient (Wildman–Crippen LogP) is 5.28. The van der Waals surface area contributed by atoms with E-state index in [1.807, 2.05) is 6.07 Å². The zero-order valence-electron chi connectivity index (χ0n) is 12.0. The highest BCUT2D eigenvalue weighted by Gasteiger charge is 2.18. The van der Waals surface area contributed by atoms with Gasteiger partial charge < -0.3 is 5.32 Å². The van der Waals surface area contributed by atoms with E-state index < -0.39 is 0 Å². The topological polar surface area (TPSA) is 12.0 Å². The van der Waals surface area contributed by atoms with E-state index in [-0.39, 0.29) is 0 Å². The van der Waals surface area contributed by atoms with Crippen molar-refractivity contribution in [2.45, 2.75) is 64.3 Å². The molecule has 1 nitrogen and oxygen atoms in total. The molecular weight excluding hydrogens is 274 g/mol. The fraction of sp³-hybridized carbons (Fsp3) is 0.750. The number of nitrogens with one attached hydrogen (secondary N) is 1. The SMILES string of the molecule is CCNC(Cc1ccc(Cl)s1)CC1CCCCCC1. The number of thiophene rings is 1. The van der Waals surface area contributed by atoms with Gasteiger partial charge in [-0.15, -0.1) is 11.3 Å². The summed E-state index contributed by atoms with van der Waals surface area (Å²) < 4.78 is 0.916. The molecular formula is C16H26ClNS. The molecule has 3 heteroatoms. The van der Waals surface area contributed by atoms with Gasteiger partial charge in [-0.3, -0.25) is 0 Å². The van der Waals surface area contributed by atoms with Gasteiger partial charge in [0, 0.05) is 10.9 Å². The van der Waals surface area contributed by atoms with Gasteiger partial charge in [0.15, 0.2) is 0 Å². The summed E-state index contributed by atoms with van der Waals surface area (Å²) in [6.07, 6.45) is 11.1. The molecule has 108 valence electrons. The maximum Gasteiger partial charge on any atom is 0.0931 e. The maximum absolute atomic E-state index is 6.03. The molecule has 1 saturated carbocycles. The van der Waals surface area contributed by atoms with E-state index in [4.69, 9.17) is 11.6 Å². The van der Waals surface area contributed by atoms with Crippen molar-refractivity contribution in [3.63, 3.8) is 0 Å². The van der Waals surface area contributed by atoms with Gasteiger partial charge in [-0.05, 0) is 37.4 Å². The first-order chi connectivity index (χ1) is 9.28. The third-order valence-corrected chi connectivity index (χ3v) is 5.42. The van der Waals surface area contributed by atoms with Crippen LogP contribution in [-0.2, 0) is 6.42 Å². The monoisotopic (exact) mass is 299 g/mol. The van der Waals surface area contributed by atoms with Crippen LogP contribution in [0.2, 0.25) is 4.34 Å². The number of rotatable bonds is 6. The summed E-state index contributed by atoms with van der Waals surface area (Å²) in [4.78, 5) is 1.42. The summed E-state index contributed by atoms with van der Waals surface area (Å²) in [5.41, 5.74) is 0. The van der Waals surface area contributed by atoms with Crippen LogP contribution in [0.4, 0.5) is 0 Å². The molecule has 0 aromatic carbocycles. The molecule has 0 bridgehead atoms. The maximum atomic E-state index is 6.03. The van der Waals surface area contributed by atoms with Crippen molar-refractivity contribution in [2.24, 2.45) is 5.92 Å². The normalized spacial score (nSPS) is 19.3. The Balaban J connectivity index is 1.87. The number of hydrogen-bond acceptors (Lipinski definition) is 2. The second kappa shape index (κ2) is 8.28. The molecule has 1 aromatic rings. The molecule has 0 radical (unpaired) electrons. The first-order valence-corrected chi connectivity index (χ1v) is 8.95. The van der Waals surface area contributed by atoms with E-state index in [0.29, 0.717) is 6.04 Å². The highest BCUT2D eigenvalue weighted by atomic mass is 35.5. The summed E-state index contributed by atoms with van der Waals surface area (Å²) in [6.45, 7) is 3.28. The van der Waals surface area contributed by atoms with Crippen LogP contribution in [0.5, 0.6) is 0 Å². The van der Waals surface area contributed by atoms with Gasteiger partial charge in [-0.1, -0.05) is 57.0 Å². The van der Waals surface area contributed by atoms with Crippen LogP contribution < -0.4 is 5.32 Å². The molecule has 0 amide bonds. The van der Waals surface area contributed by atoms with E-state index in [2.05, 4.69) is 18.3 Å². The number of hydrogen-bond donors (Lipinski definition) is 1. The molecule has 0 spiro atoms. The van der Waals surface area contributed by atoms with Crippen molar-refractivity contribution in [3.8, 4) is 0 Å². The molecule has 1 N–H and O–H groups in total. The molecule has 1 unspecified atom stereocenters. The van der Waals surface area contributed by atoms with E-state index in [1.165, 1.54) is 49.8 Å². The highest BCUT2D eigenvalue weighted by molar-refractivity contribution is 7.16. The molecule has 1 atom stereocenters. The van der Waals surface area contributed by atoms with Gasteiger partial charge in [0.2, 0.25) is 0 Å². The Morgan fingerprint density at radius 3 is 2.58 bits per heavy atom. The lowest BCUT2D eigenvalue weighted by molar-refractivity contribution is 0.354. The van der Waals surface area contributed by atoms with Crippen molar-refractivity contribution in [3.05, 3.63) is 21.3 Å². The molecule has 1 fully saturated rings. The quantitative estimate of drug-likeness (QED) is 0.704. The molecule has 1 heterocycles. The summed E-state index contributed by atoms with van der Waals surface area (Å²) in [5.74, 6) is 0.932. The standard InChI is InChI=1S/C16H26ClNS/c1-2-18-14(12-15-9-10-16(17)19-15)11-13-7-5-3-4-6-8-13/h9-10,13-14,18H,2-8,11-12H2,1H3. The second-order valence-electron chi connectivity index (χ2n) is 5.76. The molecule has 2 rings (SSSR count). The first-order valence-electron chi connectivity index (χ1n) is 7.75. The lowest BCUT2D eigenvalue weighted by Gasteiger charge is -2.23. The second-order valence-corrected chi connectivity index (χ2v) is 7.56. The Morgan fingerprint density at radius 2 is 2.00 bits per heavy atom. The van der Waals surface area contributed by atoms with Crippen LogP contribution in [0.1, 0.15) is 56.7 Å². The molecule has 0 aliphatic heterocycles. The van der Waals surface area contributed by atoms with Crippen LogP contribution in [0.3, 0.4) is 0 Å². The Hall–Kier alpha value is -0.0500. The van der Waals surface area contributed by atoms with E-state index >= 15 is 0 Å². The van der Waals surface area contributed by atoms with Gasteiger partial charge in [0.1, 0.15) is 0 Å². The Kier molecular flexibility index (Phi) is 6.69. The minimum absolute atomic E-state index is 0.628. The van der Waals surface area contributed by atoms with Crippen LogP contribution in [-0.4, -0.2) is 12.6 Å². The zero-order valence-corrected chi connectivity index (χ0v) is 13.5. The van der Waals surface area contributed by atoms with Crippen molar-refractivity contribution in [1.82, 2.24) is 5.32 Å². The third-order valence-electron chi connectivity index (χ3n) is 4.16. The number of likely N-dealkylation sites (N-methyl/N-ethyl adjacent to an activating group) is 1. The van der Waals surface area contributed by atoms with Crippen LogP contribution >= 0.6 is 22.9 Å². The minimum Gasteiger partial charge on any atom is -0.314 e. The summed E-state index contributed by atoms with van der Waals surface area (Å²) in [7, 11) is 0. The van der Waals surface area contributed by atoms with Crippen LogP contribution in [0.15, 0.2) is 12.1 Å². The largest absolute Gasteiger partial charge is 0.314 e. The summed E-state index contributed by atoms with van der Waals surface area (Å²) >= 11 is 7.77. The first kappa shape index (κ1) is 15.3. The van der Waals surface area contributed by atoms with Crippen LogP contribution in [0.25, 0.3) is 0 Å². The van der Waals surface area contributed by atoms with Crippen molar-refractivity contribution in [1.29, 1.82) is 0 Å². The molecule has 19 heavy (non-hydrogen) atoms. The highest BCUT2D eigenvalue weighted by Crippen LogP contribution is 2.29. The Labute approximate surface area is 126 Å². The van der Waals surface area contributed by atoms with Crippen molar-refractivity contribution in [2.75, 3.05) is 6.54 Å². The molecule has 1 aliphatic carbocycles. The third kappa shape index (κ3) is 5.45.